The normalized spacial score (nSPS) is 11.3. The molecule has 0 saturated carbocycles. The molecule has 0 radical (unpaired) electrons. The van der Waals surface area contributed by atoms with E-state index in [0.717, 1.165) is 23.5 Å². The van der Waals surface area contributed by atoms with E-state index in [1.54, 1.807) is 18.2 Å². The molecule has 0 unspecified atom stereocenters. The predicted molar refractivity (Wildman–Crippen MR) is 95.7 cm³/mol. The smallest absolute Gasteiger partial charge is 0.416 e. The maximum atomic E-state index is 12.9. The van der Waals surface area contributed by atoms with Crippen molar-refractivity contribution in [2.45, 2.75) is 12.7 Å². The molecule has 1 aromatic carbocycles. The van der Waals surface area contributed by atoms with Gasteiger partial charge in [-0.05, 0) is 24.3 Å². The van der Waals surface area contributed by atoms with Gasteiger partial charge in [-0.25, -0.2) is 4.98 Å². The average molecular weight is 409 g/mol. The van der Waals surface area contributed by atoms with Gasteiger partial charge < -0.3 is 15.3 Å². The van der Waals surface area contributed by atoms with Crippen LogP contribution in [0.1, 0.15) is 21.7 Å². The topological polar surface area (TPSA) is 78.2 Å². The van der Waals surface area contributed by atoms with Crippen molar-refractivity contribution in [2.75, 3.05) is 7.11 Å². The number of hydrogen-bond donors (Lipinski definition) is 1. The molecule has 6 nitrogen and oxygen atoms in total. The third-order valence-corrected chi connectivity index (χ3v) is 4.71. The lowest BCUT2D eigenvalue weighted by Gasteiger charge is -2.11. The Labute approximate surface area is 161 Å². The fraction of sp³-hybridized carbons (Fsp3) is 0.167. The second kappa shape index (κ2) is 7.85. The first kappa shape index (κ1) is 19.6. The first-order chi connectivity index (χ1) is 13.3. The molecule has 10 heteroatoms. The Hall–Kier alpha value is -3.14. The van der Waals surface area contributed by atoms with Crippen molar-refractivity contribution in [3.05, 3.63) is 70.1 Å². The lowest BCUT2D eigenvalue weighted by molar-refractivity contribution is -0.614. The van der Waals surface area contributed by atoms with E-state index in [1.807, 2.05) is 0 Å². The van der Waals surface area contributed by atoms with Crippen LogP contribution in [0.4, 0.5) is 13.2 Å². The maximum Gasteiger partial charge on any atom is 0.416 e. The van der Waals surface area contributed by atoms with Crippen molar-refractivity contribution in [3.8, 4) is 16.3 Å². The highest BCUT2D eigenvalue weighted by molar-refractivity contribution is 7.13. The zero-order valence-electron chi connectivity index (χ0n) is 14.5. The van der Waals surface area contributed by atoms with Crippen LogP contribution in [0.5, 0.6) is 5.75 Å². The molecular weight excluding hydrogens is 395 g/mol. The molecule has 3 aromatic rings. The third kappa shape index (κ3) is 4.22. The molecule has 28 heavy (non-hydrogen) atoms. The number of nitrogens with zero attached hydrogens (tertiary/aromatic N) is 2. The fourth-order valence-electron chi connectivity index (χ4n) is 2.41. The van der Waals surface area contributed by atoms with Crippen molar-refractivity contribution < 1.29 is 27.4 Å². The van der Waals surface area contributed by atoms with Gasteiger partial charge in [-0.3, -0.25) is 4.79 Å². The number of rotatable bonds is 5. The number of halogens is 3. The van der Waals surface area contributed by atoms with E-state index in [0.29, 0.717) is 21.0 Å². The van der Waals surface area contributed by atoms with E-state index in [1.165, 1.54) is 24.8 Å². The molecule has 0 aliphatic carbocycles. The van der Waals surface area contributed by atoms with Gasteiger partial charge in [0.25, 0.3) is 5.91 Å². The molecule has 2 heterocycles. The molecule has 3 rings (SSSR count). The average Bonchev–Trinajstić information content (AvgIpc) is 3.16. The Kier molecular flexibility index (Phi) is 5.50. The number of amides is 1. The van der Waals surface area contributed by atoms with Crippen molar-refractivity contribution in [1.82, 2.24) is 10.3 Å². The molecule has 2 aromatic heterocycles. The summed E-state index contributed by atoms with van der Waals surface area (Å²) in [4.78, 5) is 16.4. The monoisotopic (exact) mass is 409 g/mol. The zero-order valence-corrected chi connectivity index (χ0v) is 15.3. The van der Waals surface area contributed by atoms with E-state index in [2.05, 4.69) is 10.3 Å². The van der Waals surface area contributed by atoms with Crippen molar-refractivity contribution in [1.29, 1.82) is 0 Å². The van der Waals surface area contributed by atoms with Gasteiger partial charge >= 0.3 is 6.18 Å². The molecule has 0 spiro atoms. The van der Waals surface area contributed by atoms with Crippen LogP contribution in [0.25, 0.3) is 10.6 Å². The molecule has 0 aliphatic rings. The number of benzene rings is 1. The van der Waals surface area contributed by atoms with E-state index >= 15 is 0 Å². The third-order valence-electron chi connectivity index (χ3n) is 3.83. The van der Waals surface area contributed by atoms with Crippen LogP contribution < -0.4 is 14.8 Å². The summed E-state index contributed by atoms with van der Waals surface area (Å²) in [5, 5.41) is 16.0. The standard InChI is InChI=1S/C18H14F3N3O3S/c1-27-15-8-11(18(19,20)21)5-6-13(15)17-23-14(10-28-17)16(25)22-9-12-4-2-3-7-24(12)26/h2-8,10H,9H2,1H3,(H,22,25). The zero-order chi connectivity index (χ0) is 20.3. The van der Waals surface area contributed by atoms with Crippen molar-refractivity contribution in [2.24, 2.45) is 0 Å². The Morgan fingerprint density at radius 2 is 2.11 bits per heavy atom. The summed E-state index contributed by atoms with van der Waals surface area (Å²) in [6.45, 7) is 0.0135. The summed E-state index contributed by atoms with van der Waals surface area (Å²) in [6.07, 6.45) is -3.17. The molecular formula is C18H14F3N3O3S. The minimum Gasteiger partial charge on any atom is -0.618 e. The van der Waals surface area contributed by atoms with Crippen LogP contribution in [0.3, 0.4) is 0 Å². The van der Waals surface area contributed by atoms with E-state index in [9.17, 15) is 23.2 Å². The number of methoxy groups -OCH3 is 1. The Morgan fingerprint density at radius 3 is 2.79 bits per heavy atom. The van der Waals surface area contributed by atoms with E-state index < -0.39 is 17.6 Å². The number of carbonyl (C=O) groups is 1. The van der Waals surface area contributed by atoms with Crippen molar-refractivity contribution >= 4 is 17.2 Å². The Morgan fingerprint density at radius 1 is 1.32 bits per heavy atom. The highest BCUT2D eigenvalue weighted by Gasteiger charge is 2.31. The van der Waals surface area contributed by atoms with Gasteiger partial charge in [-0.2, -0.15) is 17.9 Å². The maximum absolute atomic E-state index is 12.9. The number of alkyl halides is 3. The van der Waals surface area contributed by atoms with Gasteiger partial charge in [0.15, 0.2) is 6.20 Å². The Balaban J connectivity index is 1.78. The molecule has 0 bridgehead atoms. The number of ether oxygens (including phenoxy) is 1. The van der Waals surface area contributed by atoms with Gasteiger partial charge in [0.1, 0.15) is 23.0 Å². The summed E-state index contributed by atoms with van der Waals surface area (Å²) in [5.74, 6) is -0.495. The minimum absolute atomic E-state index is 0.00724. The lowest BCUT2D eigenvalue weighted by atomic mass is 10.1. The van der Waals surface area contributed by atoms with Gasteiger partial charge in [-0.1, -0.05) is 0 Å². The summed E-state index contributed by atoms with van der Waals surface area (Å²) in [6, 6.07) is 7.90. The van der Waals surface area contributed by atoms with Gasteiger partial charge in [-0.15, -0.1) is 11.3 Å². The van der Waals surface area contributed by atoms with Crippen LogP contribution in [0, 0.1) is 5.21 Å². The largest absolute Gasteiger partial charge is 0.618 e. The molecule has 0 atom stereocenters. The second-order valence-corrected chi connectivity index (χ2v) is 6.51. The number of nitrogens with one attached hydrogen (secondary N) is 1. The molecule has 1 N–H and O–H groups in total. The number of hydrogen-bond acceptors (Lipinski definition) is 5. The van der Waals surface area contributed by atoms with Gasteiger partial charge in [0.05, 0.1) is 18.2 Å². The van der Waals surface area contributed by atoms with Crippen LogP contribution >= 0.6 is 11.3 Å². The van der Waals surface area contributed by atoms with Crippen LogP contribution in [0.15, 0.2) is 48.0 Å². The SMILES string of the molecule is COc1cc(C(F)(F)F)ccc1-c1nc(C(=O)NCc2cccc[n+]2[O-])cs1. The first-order valence-electron chi connectivity index (χ1n) is 7.96. The molecule has 0 fully saturated rings. The highest BCUT2D eigenvalue weighted by atomic mass is 32.1. The summed E-state index contributed by atoms with van der Waals surface area (Å²) in [7, 11) is 1.26. The predicted octanol–water partition coefficient (Wildman–Crippen LogP) is 3.40. The molecule has 0 aliphatic heterocycles. The van der Waals surface area contributed by atoms with Gasteiger partial charge in [0.2, 0.25) is 5.69 Å². The number of carbonyl (C=O) groups excluding carboxylic acids is 1. The van der Waals surface area contributed by atoms with Crippen LogP contribution in [0.2, 0.25) is 0 Å². The van der Waals surface area contributed by atoms with Gasteiger partial charge in [0, 0.05) is 17.5 Å². The van der Waals surface area contributed by atoms with Crippen molar-refractivity contribution in [3.63, 3.8) is 0 Å². The second-order valence-electron chi connectivity index (χ2n) is 5.65. The van der Waals surface area contributed by atoms with Crippen LogP contribution in [-0.2, 0) is 12.7 Å². The quantitative estimate of drug-likeness (QED) is 0.518. The summed E-state index contributed by atoms with van der Waals surface area (Å²) in [5.41, 5.74) is -0.0394. The number of aromatic nitrogens is 2. The first-order valence-corrected chi connectivity index (χ1v) is 8.84. The van der Waals surface area contributed by atoms with Crippen LogP contribution in [-0.4, -0.2) is 18.0 Å². The molecule has 1 amide bonds. The number of pyridine rings is 1. The molecule has 146 valence electrons. The number of thiazole rings is 1. The summed E-state index contributed by atoms with van der Waals surface area (Å²) < 4.78 is 44.3. The Bertz CT molecular complexity index is 1000. The minimum atomic E-state index is -4.49. The van der Waals surface area contributed by atoms with E-state index in [4.69, 9.17) is 4.74 Å². The highest BCUT2D eigenvalue weighted by Crippen LogP contribution is 2.38. The molecule has 0 saturated heterocycles. The lowest BCUT2D eigenvalue weighted by Crippen LogP contribution is -2.35. The summed E-state index contributed by atoms with van der Waals surface area (Å²) >= 11 is 1.10. The van der Waals surface area contributed by atoms with E-state index in [-0.39, 0.29) is 18.0 Å². The fourth-order valence-corrected chi connectivity index (χ4v) is 3.24.